The fourth-order valence-corrected chi connectivity index (χ4v) is 4.22. The van der Waals surface area contributed by atoms with Crippen molar-refractivity contribution in [2.75, 3.05) is 31.5 Å². The minimum Gasteiger partial charge on any atom is -0.445 e. The predicted octanol–water partition coefficient (Wildman–Crippen LogP) is 5.12. The molecule has 2 aromatic carbocycles. The van der Waals surface area contributed by atoms with Crippen molar-refractivity contribution in [1.82, 2.24) is 9.21 Å². The highest BCUT2D eigenvalue weighted by Gasteiger charge is 2.22. The molecule has 2 amide bonds. The smallest absolute Gasteiger partial charge is 0.410 e. The van der Waals surface area contributed by atoms with Gasteiger partial charge in [-0.15, -0.1) is 0 Å². The Hall–Kier alpha value is -2.77. The minimum absolute atomic E-state index is 0.225. The van der Waals surface area contributed by atoms with Crippen LogP contribution in [-0.4, -0.2) is 47.4 Å². The van der Waals surface area contributed by atoms with Gasteiger partial charge >= 0.3 is 6.09 Å². The number of nitrogens with zero attached hydrogens (tertiary/aromatic N) is 2. The van der Waals surface area contributed by atoms with Gasteiger partial charge in [-0.05, 0) is 66.3 Å². The number of aryl methyl sites for hydroxylation is 1. The van der Waals surface area contributed by atoms with Crippen LogP contribution in [0.5, 0.6) is 0 Å². The molecule has 0 aliphatic carbocycles. The first-order valence-corrected chi connectivity index (χ1v) is 11.8. The van der Waals surface area contributed by atoms with E-state index in [0.717, 1.165) is 35.7 Å². The Labute approximate surface area is 194 Å². The number of ether oxygens (including phenoxy) is 1. The van der Waals surface area contributed by atoms with E-state index in [4.69, 9.17) is 4.74 Å². The number of carbonyl (C=O) groups excluding carboxylic acids is 2. The van der Waals surface area contributed by atoms with Crippen molar-refractivity contribution in [2.24, 2.45) is 0 Å². The van der Waals surface area contributed by atoms with Gasteiger partial charge in [-0.25, -0.2) is 9.10 Å². The topological polar surface area (TPSA) is 61.9 Å². The van der Waals surface area contributed by atoms with Crippen LogP contribution in [0.25, 0.3) is 0 Å². The van der Waals surface area contributed by atoms with Crippen LogP contribution in [0.4, 0.5) is 10.5 Å². The van der Waals surface area contributed by atoms with E-state index in [9.17, 15) is 9.59 Å². The molecule has 0 radical (unpaired) electrons. The summed E-state index contributed by atoms with van der Waals surface area (Å²) in [5.74, 6) is -0.225. The van der Waals surface area contributed by atoms with E-state index in [1.807, 2.05) is 36.4 Å². The molecule has 1 aliphatic rings. The van der Waals surface area contributed by atoms with Crippen molar-refractivity contribution in [1.29, 1.82) is 0 Å². The van der Waals surface area contributed by atoms with Gasteiger partial charge in [0.15, 0.2) is 0 Å². The van der Waals surface area contributed by atoms with Gasteiger partial charge in [-0.3, -0.25) is 4.79 Å². The second-order valence-corrected chi connectivity index (χ2v) is 8.87. The lowest BCUT2D eigenvalue weighted by Gasteiger charge is -2.33. The maximum Gasteiger partial charge on any atom is 0.410 e. The first kappa shape index (κ1) is 23.9. The highest BCUT2D eigenvalue weighted by molar-refractivity contribution is 7.97. The Morgan fingerprint density at radius 1 is 1.03 bits per heavy atom. The Kier molecular flexibility index (Phi) is 9.19. The fraction of sp³-hybridized carbons (Fsp3) is 0.360. The quantitative estimate of drug-likeness (QED) is 0.422. The molecule has 1 fully saturated rings. The summed E-state index contributed by atoms with van der Waals surface area (Å²) in [5.41, 5.74) is 3.08. The summed E-state index contributed by atoms with van der Waals surface area (Å²) in [7, 11) is 0. The number of amides is 2. The molecule has 0 spiro atoms. The average molecular weight is 454 g/mol. The van der Waals surface area contributed by atoms with E-state index >= 15 is 0 Å². The summed E-state index contributed by atoms with van der Waals surface area (Å²) >= 11 is 1.65. The SMILES string of the molecule is C=CC(=O)Nc1ccc(SN2CCN(C(=O)OCc3ccc(CCCC)cc3)CC2)cc1. The molecule has 6 nitrogen and oxygen atoms in total. The molecule has 2 aromatic rings. The van der Waals surface area contributed by atoms with E-state index in [1.165, 1.54) is 24.5 Å². The molecule has 0 bridgehead atoms. The number of carbonyl (C=O) groups is 2. The maximum atomic E-state index is 12.4. The summed E-state index contributed by atoms with van der Waals surface area (Å²) in [4.78, 5) is 26.6. The predicted molar refractivity (Wildman–Crippen MR) is 130 cm³/mol. The van der Waals surface area contributed by atoms with Crippen molar-refractivity contribution >= 4 is 29.6 Å². The molecule has 7 heteroatoms. The van der Waals surface area contributed by atoms with Crippen molar-refractivity contribution in [3.63, 3.8) is 0 Å². The number of rotatable bonds is 9. The number of anilines is 1. The molecule has 0 aromatic heterocycles. The number of benzene rings is 2. The molecule has 3 rings (SSSR count). The largest absolute Gasteiger partial charge is 0.445 e. The average Bonchev–Trinajstić information content (AvgIpc) is 2.83. The zero-order valence-corrected chi connectivity index (χ0v) is 19.4. The standard InChI is InChI=1S/C25H31N3O3S/c1-3-5-6-20-7-9-21(10-8-20)19-31-25(30)27-15-17-28(18-16-27)32-23-13-11-22(12-14-23)26-24(29)4-2/h4,7-14H,2-3,5-6,15-19H2,1H3,(H,26,29). The third-order valence-corrected chi connectivity index (χ3v) is 6.35. The van der Waals surface area contributed by atoms with E-state index in [-0.39, 0.29) is 12.0 Å². The first-order valence-electron chi connectivity index (χ1n) is 11.0. The summed E-state index contributed by atoms with van der Waals surface area (Å²) < 4.78 is 7.75. The number of hydrogen-bond acceptors (Lipinski definition) is 5. The van der Waals surface area contributed by atoms with Gasteiger partial charge in [0.2, 0.25) is 5.91 Å². The van der Waals surface area contributed by atoms with Gasteiger partial charge in [-0.2, -0.15) is 0 Å². The molecule has 0 unspecified atom stereocenters. The Bertz CT molecular complexity index is 892. The van der Waals surface area contributed by atoms with Gasteiger partial charge in [-0.1, -0.05) is 44.2 Å². The molecule has 1 saturated heterocycles. The molecule has 1 aliphatic heterocycles. The number of unbranched alkanes of at least 4 members (excludes halogenated alkanes) is 1. The van der Waals surface area contributed by atoms with Crippen LogP contribution in [-0.2, 0) is 22.6 Å². The summed E-state index contributed by atoms with van der Waals surface area (Å²) in [6.45, 7) is 8.74. The van der Waals surface area contributed by atoms with Crippen molar-refractivity contribution in [3.8, 4) is 0 Å². The molecular formula is C25H31N3O3S. The third-order valence-electron chi connectivity index (χ3n) is 5.24. The lowest BCUT2D eigenvalue weighted by molar-refractivity contribution is -0.111. The van der Waals surface area contributed by atoms with Gasteiger partial charge in [0.1, 0.15) is 6.61 Å². The second kappa shape index (κ2) is 12.3. The zero-order valence-electron chi connectivity index (χ0n) is 18.6. The van der Waals surface area contributed by atoms with Crippen LogP contribution in [0.3, 0.4) is 0 Å². The van der Waals surface area contributed by atoms with E-state index in [2.05, 4.69) is 35.3 Å². The maximum absolute atomic E-state index is 12.4. The first-order chi connectivity index (χ1) is 15.6. The van der Waals surface area contributed by atoms with Crippen molar-refractivity contribution < 1.29 is 14.3 Å². The highest BCUT2D eigenvalue weighted by atomic mass is 32.2. The second-order valence-electron chi connectivity index (χ2n) is 7.70. The summed E-state index contributed by atoms with van der Waals surface area (Å²) in [6, 6.07) is 16.0. The Balaban J connectivity index is 1.38. The molecule has 0 saturated carbocycles. The van der Waals surface area contributed by atoms with E-state index < -0.39 is 0 Å². The van der Waals surface area contributed by atoms with Gasteiger partial charge in [0.05, 0.1) is 0 Å². The van der Waals surface area contributed by atoms with Crippen LogP contribution >= 0.6 is 11.9 Å². The zero-order chi connectivity index (χ0) is 22.8. The van der Waals surface area contributed by atoms with Crippen molar-refractivity contribution in [2.45, 2.75) is 37.7 Å². The van der Waals surface area contributed by atoms with Gasteiger partial charge < -0.3 is 15.0 Å². The molecule has 32 heavy (non-hydrogen) atoms. The molecule has 170 valence electrons. The minimum atomic E-state index is -0.257. The summed E-state index contributed by atoms with van der Waals surface area (Å²) in [5, 5.41) is 2.74. The normalized spacial score (nSPS) is 14.1. The van der Waals surface area contributed by atoms with Crippen LogP contribution < -0.4 is 5.32 Å². The highest BCUT2D eigenvalue weighted by Crippen LogP contribution is 2.25. The van der Waals surface area contributed by atoms with Crippen LogP contribution in [0.1, 0.15) is 30.9 Å². The van der Waals surface area contributed by atoms with Gasteiger partial charge in [0.25, 0.3) is 0 Å². The lowest BCUT2D eigenvalue weighted by Crippen LogP contribution is -2.46. The molecule has 1 N–H and O–H groups in total. The summed E-state index contributed by atoms with van der Waals surface area (Å²) in [6.07, 6.45) is 4.46. The molecule has 1 heterocycles. The number of hydrogen-bond donors (Lipinski definition) is 1. The molecular weight excluding hydrogens is 422 g/mol. The van der Waals surface area contributed by atoms with Crippen molar-refractivity contribution in [3.05, 3.63) is 72.3 Å². The Morgan fingerprint density at radius 2 is 1.69 bits per heavy atom. The monoisotopic (exact) mass is 453 g/mol. The Morgan fingerprint density at radius 3 is 2.31 bits per heavy atom. The lowest BCUT2D eigenvalue weighted by atomic mass is 10.1. The molecule has 0 atom stereocenters. The number of nitrogens with one attached hydrogen (secondary N) is 1. The van der Waals surface area contributed by atoms with Crippen LogP contribution in [0.2, 0.25) is 0 Å². The van der Waals surface area contributed by atoms with Crippen LogP contribution in [0, 0.1) is 0 Å². The van der Waals surface area contributed by atoms with E-state index in [1.54, 1.807) is 16.8 Å². The van der Waals surface area contributed by atoms with Crippen LogP contribution in [0.15, 0.2) is 66.1 Å². The third kappa shape index (κ3) is 7.43. The fourth-order valence-electron chi connectivity index (χ4n) is 3.32. The van der Waals surface area contributed by atoms with Gasteiger partial charge in [0, 0.05) is 36.8 Å². The number of piperazine rings is 1. The van der Waals surface area contributed by atoms with E-state index in [0.29, 0.717) is 19.7 Å².